The number of hydrogen-bond donors (Lipinski definition) is 0. The maximum Gasteiger partial charge on any atom is 0.260 e. The lowest BCUT2D eigenvalue weighted by Crippen LogP contribution is -2.48. The average molecular weight is 446 g/mol. The van der Waals surface area contributed by atoms with E-state index in [2.05, 4.69) is 35.9 Å². The first-order chi connectivity index (χ1) is 15.1. The van der Waals surface area contributed by atoms with Gasteiger partial charge in [0.15, 0.2) is 0 Å². The summed E-state index contributed by atoms with van der Waals surface area (Å²) in [4.78, 5) is 17.7. The van der Waals surface area contributed by atoms with E-state index in [1.54, 1.807) is 17.9 Å². The third kappa shape index (κ3) is 4.75. The van der Waals surface area contributed by atoms with Gasteiger partial charge >= 0.3 is 0 Å². The molecule has 2 saturated heterocycles. The third-order valence-corrected chi connectivity index (χ3v) is 7.27. The van der Waals surface area contributed by atoms with Crippen molar-refractivity contribution in [1.82, 2.24) is 24.7 Å². The zero-order valence-electron chi connectivity index (χ0n) is 20.1. The summed E-state index contributed by atoms with van der Waals surface area (Å²) in [6.07, 6.45) is 5.54. The van der Waals surface area contributed by atoms with Gasteiger partial charge in [-0.1, -0.05) is 25.9 Å². The molecule has 0 bridgehead atoms. The molecule has 0 saturated carbocycles. The number of aryl methyl sites for hydroxylation is 2. The second-order valence-electron chi connectivity index (χ2n) is 10.9. The summed E-state index contributed by atoms with van der Waals surface area (Å²) in [5.74, 6) is -0.333. The van der Waals surface area contributed by atoms with Gasteiger partial charge in [0.2, 0.25) is 5.95 Å². The molecule has 1 spiro atoms. The van der Waals surface area contributed by atoms with Gasteiger partial charge in [-0.25, -0.2) is 4.68 Å². The van der Waals surface area contributed by atoms with E-state index >= 15 is 0 Å². The molecule has 7 nitrogen and oxygen atoms in total. The van der Waals surface area contributed by atoms with Gasteiger partial charge in [-0.2, -0.15) is 9.49 Å². The zero-order chi connectivity index (χ0) is 23.1. The highest BCUT2D eigenvalue weighted by molar-refractivity contribution is 5.99. The van der Waals surface area contributed by atoms with Crippen LogP contribution in [-0.2, 0) is 7.05 Å². The van der Waals surface area contributed by atoms with Gasteiger partial charge < -0.3 is 14.3 Å². The number of carbonyl (C=O) groups excluding carboxylic acids is 1. The summed E-state index contributed by atoms with van der Waals surface area (Å²) in [6.45, 7) is 13.4. The van der Waals surface area contributed by atoms with E-state index in [9.17, 15) is 9.18 Å². The number of carbonyl (C=O) groups is 1. The van der Waals surface area contributed by atoms with Gasteiger partial charge in [0.05, 0.1) is 0 Å². The van der Waals surface area contributed by atoms with Gasteiger partial charge in [0.1, 0.15) is 22.7 Å². The Morgan fingerprint density at radius 3 is 2.34 bits per heavy atom. The molecule has 1 amide bonds. The Labute approximate surface area is 189 Å². The Kier molecular flexibility index (Phi) is 6.18. The summed E-state index contributed by atoms with van der Waals surface area (Å²) in [5.41, 5.74) is 1.31. The van der Waals surface area contributed by atoms with Crippen LogP contribution in [0.15, 0.2) is 10.6 Å². The molecule has 176 valence electrons. The number of rotatable bonds is 4. The molecule has 0 aliphatic carbocycles. The van der Waals surface area contributed by atoms with Crippen molar-refractivity contribution in [3.63, 3.8) is 0 Å². The SMILES string of the molecule is Cc1cc(-c2nn(C)c(F)c2C(=O)N2CCC3(CCN(CCC(C)(C)C)CC3)CC2)no1. The molecular weight excluding hydrogens is 409 g/mol. The van der Waals surface area contributed by atoms with Gasteiger partial charge in [-0.15, -0.1) is 0 Å². The first-order valence-corrected chi connectivity index (χ1v) is 11.7. The predicted molar refractivity (Wildman–Crippen MR) is 121 cm³/mol. The zero-order valence-corrected chi connectivity index (χ0v) is 20.1. The highest BCUT2D eigenvalue weighted by atomic mass is 19.1. The van der Waals surface area contributed by atoms with E-state index in [0.29, 0.717) is 35.4 Å². The van der Waals surface area contributed by atoms with Crippen LogP contribution in [0.4, 0.5) is 4.39 Å². The van der Waals surface area contributed by atoms with Crippen LogP contribution in [0.2, 0.25) is 0 Å². The molecule has 2 aromatic rings. The third-order valence-electron chi connectivity index (χ3n) is 7.27. The fourth-order valence-corrected chi connectivity index (χ4v) is 4.94. The van der Waals surface area contributed by atoms with E-state index in [-0.39, 0.29) is 17.2 Å². The molecule has 0 atom stereocenters. The van der Waals surface area contributed by atoms with E-state index in [1.165, 1.54) is 26.3 Å². The largest absolute Gasteiger partial charge is 0.361 e. The Bertz CT molecular complexity index is 956. The molecule has 4 heterocycles. The molecular formula is C24H36FN5O2. The maximum absolute atomic E-state index is 14.9. The van der Waals surface area contributed by atoms with Crippen molar-refractivity contribution < 1.29 is 13.7 Å². The van der Waals surface area contributed by atoms with Gasteiger partial charge in [-0.05, 0) is 69.5 Å². The van der Waals surface area contributed by atoms with E-state index in [4.69, 9.17) is 4.52 Å². The predicted octanol–water partition coefficient (Wildman–Crippen LogP) is 4.28. The standard InChI is InChI=1S/C24H36FN5O2/c1-17-16-18(27-32-17)20-19(21(25)28(5)26-20)22(31)30-14-9-24(10-15-30)7-12-29(13-8-24)11-6-23(2,3)4/h16H,6-15H2,1-5H3. The maximum atomic E-state index is 14.9. The molecule has 0 N–H and O–H groups in total. The van der Waals surface area contributed by atoms with Crippen LogP contribution in [0.1, 0.15) is 69.0 Å². The van der Waals surface area contributed by atoms with Crippen LogP contribution in [-0.4, -0.2) is 63.4 Å². The monoisotopic (exact) mass is 445 g/mol. The number of aromatic nitrogens is 3. The second-order valence-corrected chi connectivity index (χ2v) is 10.9. The lowest BCUT2D eigenvalue weighted by molar-refractivity contribution is 0.0281. The van der Waals surface area contributed by atoms with Gasteiger partial charge in [0.25, 0.3) is 5.91 Å². The lowest BCUT2D eigenvalue weighted by atomic mass is 9.71. The van der Waals surface area contributed by atoms with Crippen molar-refractivity contribution in [2.75, 3.05) is 32.7 Å². The minimum Gasteiger partial charge on any atom is -0.361 e. The van der Waals surface area contributed by atoms with Crippen molar-refractivity contribution in [2.24, 2.45) is 17.9 Å². The molecule has 2 fully saturated rings. The van der Waals surface area contributed by atoms with Crippen LogP contribution in [0.25, 0.3) is 11.4 Å². The van der Waals surface area contributed by atoms with Crippen molar-refractivity contribution in [1.29, 1.82) is 0 Å². The van der Waals surface area contributed by atoms with Crippen LogP contribution in [0.5, 0.6) is 0 Å². The lowest BCUT2D eigenvalue weighted by Gasteiger charge is -2.47. The van der Waals surface area contributed by atoms with E-state index in [0.717, 1.165) is 37.2 Å². The Morgan fingerprint density at radius 1 is 1.16 bits per heavy atom. The van der Waals surface area contributed by atoms with Crippen LogP contribution in [0, 0.1) is 23.7 Å². The second kappa shape index (κ2) is 8.61. The van der Waals surface area contributed by atoms with E-state index in [1.807, 2.05) is 0 Å². The highest BCUT2D eigenvalue weighted by Crippen LogP contribution is 2.42. The Morgan fingerprint density at radius 2 is 1.78 bits per heavy atom. The smallest absolute Gasteiger partial charge is 0.260 e. The fraction of sp³-hybridized carbons (Fsp3) is 0.708. The van der Waals surface area contributed by atoms with Crippen molar-refractivity contribution in [3.8, 4) is 11.4 Å². The molecule has 2 aromatic heterocycles. The fourth-order valence-electron chi connectivity index (χ4n) is 4.94. The minimum absolute atomic E-state index is 0.00579. The van der Waals surface area contributed by atoms with Crippen LogP contribution < -0.4 is 0 Å². The first kappa shape index (κ1) is 23.0. The average Bonchev–Trinajstić information content (AvgIpc) is 3.30. The van der Waals surface area contributed by atoms with Gasteiger partial charge in [-0.3, -0.25) is 4.79 Å². The number of piperidine rings is 2. The molecule has 8 heteroatoms. The molecule has 32 heavy (non-hydrogen) atoms. The van der Waals surface area contributed by atoms with Crippen molar-refractivity contribution >= 4 is 5.91 Å². The Hall–Kier alpha value is -2.22. The molecule has 0 aromatic carbocycles. The summed E-state index contributed by atoms with van der Waals surface area (Å²) in [5, 5.41) is 8.14. The summed E-state index contributed by atoms with van der Waals surface area (Å²) < 4.78 is 21.1. The van der Waals surface area contributed by atoms with Crippen LogP contribution in [0.3, 0.4) is 0 Å². The van der Waals surface area contributed by atoms with Crippen molar-refractivity contribution in [3.05, 3.63) is 23.3 Å². The Balaban J connectivity index is 1.39. The number of hydrogen-bond acceptors (Lipinski definition) is 5. The first-order valence-electron chi connectivity index (χ1n) is 11.7. The quantitative estimate of drug-likeness (QED) is 0.703. The summed E-state index contributed by atoms with van der Waals surface area (Å²) in [6, 6.07) is 1.68. The molecule has 2 aliphatic heterocycles. The number of amides is 1. The highest BCUT2D eigenvalue weighted by Gasteiger charge is 2.40. The molecule has 0 radical (unpaired) electrons. The molecule has 0 unspecified atom stereocenters. The normalized spacial score (nSPS) is 19.6. The molecule has 2 aliphatic rings. The van der Waals surface area contributed by atoms with Gasteiger partial charge in [0, 0.05) is 26.2 Å². The van der Waals surface area contributed by atoms with Crippen LogP contribution >= 0.6 is 0 Å². The van der Waals surface area contributed by atoms with E-state index < -0.39 is 5.95 Å². The molecule has 4 rings (SSSR count). The van der Waals surface area contributed by atoms with Crippen molar-refractivity contribution in [2.45, 2.75) is 59.8 Å². The minimum atomic E-state index is -0.627. The number of halogens is 1. The summed E-state index contributed by atoms with van der Waals surface area (Å²) in [7, 11) is 1.50. The summed E-state index contributed by atoms with van der Waals surface area (Å²) >= 11 is 0. The number of likely N-dealkylation sites (tertiary alicyclic amines) is 2. The number of nitrogens with zero attached hydrogens (tertiary/aromatic N) is 5. The topological polar surface area (TPSA) is 67.4 Å².